The average molecular weight is 298 g/mol. The Balaban J connectivity index is 3.63. The van der Waals surface area contributed by atoms with Gasteiger partial charge in [-0.2, -0.15) is 13.2 Å². The molecule has 0 saturated heterocycles. The molecular formula is C10H7ClF3NO4. The Kier molecular flexibility index (Phi) is 4.35. The summed E-state index contributed by atoms with van der Waals surface area (Å²) in [5.41, 5.74) is -3.76. The number of rotatable bonds is 3. The lowest BCUT2D eigenvalue weighted by Gasteiger charge is -2.12. The van der Waals surface area contributed by atoms with Crippen molar-refractivity contribution in [3.63, 3.8) is 0 Å². The molecule has 0 heterocycles. The first kappa shape index (κ1) is 15.2. The summed E-state index contributed by atoms with van der Waals surface area (Å²) < 4.78 is 42.7. The van der Waals surface area contributed by atoms with E-state index in [1.54, 1.807) is 0 Å². The highest BCUT2D eigenvalue weighted by Crippen LogP contribution is 2.39. The van der Waals surface area contributed by atoms with Crippen molar-refractivity contribution >= 4 is 23.3 Å². The summed E-state index contributed by atoms with van der Waals surface area (Å²) in [7, 11) is 0. The van der Waals surface area contributed by atoms with E-state index in [0.717, 1.165) is 0 Å². The maximum absolute atomic E-state index is 12.8. The van der Waals surface area contributed by atoms with Crippen LogP contribution in [-0.4, -0.2) is 17.5 Å². The number of carbonyl (C=O) groups is 1. The Morgan fingerprint density at radius 3 is 2.47 bits per heavy atom. The highest BCUT2D eigenvalue weighted by atomic mass is 35.5. The van der Waals surface area contributed by atoms with Crippen LogP contribution in [0.3, 0.4) is 0 Å². The van der Waals surface area contributed by atoms with Crippen LogP contribution in [0.15, 0.2) is 12.1 Å². The normalized spacial score (nSPS) is 11.2. The van der Waals surface area contributed by atoms with Crippen LogP contribution in [0.1, 0.15) is 22.8 Å². The van der Waals surface area contributed by atoms with Crippen LogP contribution in [0, 0.1) is 10.1 Å². The van der Waals surface area contributed by atoms with Crippen LogP contribution in [0.5, 0.6) is 0 Å². The molecule has 0 fully saturated rings. The summed E-state index contributed by atoms with van der Waals surface area (Å²) in [6.07, 6.45) is -4.93. The van der Waals surface area contributed by atoms with Gasteiger partial charge in [0.05, 0.1) is 17.1 Å². The number of esters is 1. The summed E-state index contributed by atoms with van der Waals surface area (Å²) >= 11 is 5.47. The molecule has 0 aromatic heterocycles. The minimum atomic E-state index is -4.93. The predicted octanol–water partition coefficient (Wildman–Crippen LogP) is 3.44. The van der Waals surface area contributed by atoms with Gasteiger partial charge < -0.3 is 4.74 Å². The number of carbonyl (C=O) groups excluding carboxylic acids is 1. The SMILES string of the molecule is CCOC(=O)c1c(C(F)(F)F)ccc(Cl)c1[N+](=O)[O-]. The molecule has 0 aliphatic rings. The lowest BCUT2D eigenvalue weighted by molar-refractivity contribution is -0.385. The molecule has 0 aliphatic heterocycles. The molecule has 0 amide bonds. The molecule has 0 spiro atoms. The fraction of sp³-hybridized carbons (Fsp3) is 0.300. The number of benzene rings is 1. The maximum atomic E-state index is 12.8. The van der Waals surface area contributed by atoms with Crippen molar-refractivity contribution in [2.75, 3.05) is 6.61 Å². The zero-order chi connectivity index (χ0) is 14.8. The molecule has 5 nitrogen and oxygen atoms in total. The lowest BCUT2D eigenvalue weighted by atomic mass is 10.0. The maximum Gasteiger partial charge on any atom is 0.417 e. The molecule has 9 heteroatoms. The van der Waals surface area contributed by atoms with Gasteiger partial charge in [0.15, 0.2) is 5.56 Å². The van der Waals surface area contributed by atoms with Crippen LogP contribution >= 0.6 is 11.6 Å². The first-order valence-electron chi connectivity index (χ1n) is 4.91. The van der Waals surface area contributed by atoms with Crippen LogP contribution in [0.2, 0.25) is 5.02 Å². The second-order valence-corrected chi connectivity index (χ2v) is 3.70. The van der Waals surface area contributed by atoms with Crippen molar-refractivity contribution < 1.29 is 27.6 Å². The highest BCUT2D eigenvalue weighted by Gasteiger charge is 2.41. The quantitative estimate of drug-likeness (QED) is 0.487. The first-order valence-corrected chi connectivity index (χ1v) is 5.29. The lowest BCUT2D eigenvalue weighted by Crippen LogP contribution is -2.17. The predicted molar refractivity (Wildman–Crippen MR) is 59.1 cm³/mol. The van der Waals surface area contributed by atoms with E-state index in [1.807, 2.05) is 0 Å². The van der Waals surface area contributed by atoms with Gasteiger partial charge in [-0.15, -0.1) is 0 Å². The largest absolute Gasteiger partial charge is 0.462 e. The fourth-order valence-corrected chi connectivity index (χ4v) is 1.62. The van der Waals surface area contributed by atoms with Crippen LogP contribution in [0.25, 0.3) is 0 Å². The molecule has 1 aromatic rings. The van der Waals surface area contributed by atoms with E-state index in [1.165, 1.54) is 6.92 Å². The Bertz CT molecular complexity index is 530. The van der Waals surface area contributed by atoms with Gasteiger partial charge in [-0.25, -0.2) is 4.79 Å². The Hall–Kier alpha value is -1.83. The van der Waals surface area contributed by atoms with Gasteiger partial charge >= 0.3 is 17.8 Å². The van der Waals surface area contributed by atoms with Gasteiger partial charge in [-0.1, -0.05) is 11.6 Å². The number of hydrogen-bond donors (Lipinski definition) is 0. The first-order chi connectivity index (χ1) is 8.70. The molecule has 1 rings (SSSR count). The van der Waals surface area contributed by atoms with E-state index < -0.39 is 38.9 Å². The van der Waals surface area contributed by atoms with E-state index >= 15 is 0 Å². The van der Waals surface area contributed by atoms with Gasteiger partial charge in [-0.05, 0) is 19.1 Å². The van der Waals surface area contributed by atoms with Gasteiger partial charge in [-0.3, -0.25) is 10.1 Å². The minimum absolute atomic E-state index is 0.222. The number of nitro groups is 1. The van der Waals surface area contributed by atoms with E-state index in [-0.39, 0.29) is 6.61 Å². The third-order valence-electron chi connectivity index (χ3n) is 2.10. The van der Waals surface area contributed by atoms with Gasteiger partial charge in [0.1, 0.15) is 5.02 Å². The van der Waals surface area contributed by atoms with Gasteiger partial charge in [0.2, 0.25) is 0 Å². The van der Waals surface area contributed by atoms with E-state index in [9.17, 15) is 28.1 Å². The molecule has 0 radical (unpaired) electrons. The zero-order valence-corrected chi connectivity index (χ0v) is 10.2. The summed E-state index contributed by atoms with van der Waals surface area (Å²) in [4.78, 5) is 21.1. The molecular weight excluding hydrogens is 291 g/mol. The van der Waals surface area contributed by atoms with Crippen LogP contribution in [-0.2, 0) is 10.9 Å². The van der Waals surface area contributed by atoms with Crippen molar-refractivity contribution in [1.82, 2.24) is 0 Å². The summed E-state index contributed by atoms with van der Waals surface area (Å²) in [5.74, 6) is -1.44. The number of alkyl halides is 3. The number of nitro benzene ring substituents is 1. The molecule has 19 heavy (non-hydrogen) atoms. The number of ether oxygens (including phenoxy) is 1. The molecule has 0 unspecified atom stereocenters. The van der Waals surface area contributed by atoms with E-state index in [2.05, 4.69) is 4.74 Å². The second-order valence-electron chi connectivity index (χ2n) is 3.29. The third kappa shape index (κ3) is 3.14. The van der Waals surface area contributed by atoms with Gasteiger partial charge in [0, 0.05) is 0 Å². The van der Waals surface area contributed by atoms with Crippen LogP contribution in [0.4, 0.5) is 18.9 Å². The molecule has 0 bridgehead atoms. The van der Waals surface area contributed by atoms with E-state index in [0.29, 0.717) is 12.1 Å². The Labute approximate surface area is 110 Å². The molecule has 0 atom stereocenters. The van der Waals surface area contributed by atoms with Crippen molar-refractivity contribution in [2.45, 2.75) is 13.1 Å². The van der Waals surface area contributed by atoms with Gasteiger partial charge in [0.25, 0.3) is 0 Å². The number of hydrogen-bond acceptors (Lipinski definition) is 4. The number of halogens is 4. The average Bonchev–Trinajstić information content (AvgIpc) is 2.26. The zero-order valence-electron chi connectivity index (χ0n) is 9.45. The Morgan fingerprint density at radius 2 is 2.05 bits per heavy atom. The Morgan fingerprint density at radius 1 is 1.47 bits per heavy atom. The number of nitrogens with zero attached hydrogens (tertiary/aromatic N) is 1. The smallest absolute Gasteiger partial charge is 0.417 e. The van der Waals surface area contributed by atoms with Crippen molar-refractivity contribution in [2.24, 2.45) is 0 Å². The fourth-order valence-electron chi connectivity index (χ4n) is 1.39. The van der Waals surface area contributed by atoms with Crippen LogP contribution < -0.4 is 0 Å². The standard InChI is InChI=1S/C10H7ClF3NO4/c1-2-19-9(16)7-5(10(12,13)14)3-4-6(11)8(7)15(17)18/h3-4H,2H2,1H3. The molecule has 1 aromatic carbocycles. The van der Waals surface area contributed by atoms with E-state index in [4.69, 9.17) is 11.6 Å². The molecule has 0 aliphatic carbocycles. The van der Waals surface area contributed by atoms with Crippen molar-refractivity contribution in [1.29, 1.82) is 0 Å². The second kappa shape index (κ2) is 5.43. The monoisotopic (exact) mass is 297 g/mol. The van der Waals surface area contributed by atoms with Crippen molar-refractivity contribution in [3.8, 4) is 0 Å². The van der Waals surface area contributed by atoms with Crippen molar-refractivity contribution in [3.05, 3.63) is 38.4 Å². The molecule has 104 valence electrons. The third-order valence-corrected chi connectivity index (χ3v) is 2.40. The summed E-state index contributed by atoms with van der Waals surface area (Å²) in [5, 5.41) is 10.2. The molecule has 0 N–H and O–H groups in total. The molecule has 0 saturated carbocycles. The summed E-state index contributed by atoms with van der Waals surface area (Å²) in [6.45, 7) is 1.14. The topological polar surface area (TPSA) is 69.4 Å². The summed E-state index contributed by atoms with van der Waals surface area (Å²) in [6, 6.07) is 1.22. The highest BCUT2D eigenvalue weighted by molar-refractivity contribution is 6.33. The minimum Gasteiger partial charge on any atom is -0.462 e.